The Morgan fingerprint density at radius 2 is 2.08 bits per heavy atom. The predicted octanol–water partition coefficient (Wildman–Crippen LogP) is 4.15. The number of para-hydroxylation sites is 1. The summed E-state index contributed by atoms with van der Waals surface area (Å²) in [6.45, 7) is 1.95. The molecule has 7 heteroatoms. The number of anilines is 1. The molecule has 2 amide bonds. The third-order valence-corrected chi connectivity index (χ3v) is 5.86. The van der Waals surface area contributed by atoms with E-state index in [1.807, 2.05) is 54.8 Å². The molecule has 1 aromatic carbocycles. The van der Waals surface area contributed by atoms with Gasteiger partial charge in [-0.05, 0) is 35.6 Å². The van der Waals surface area contributed by atoms with Crippen LogP contribution in [0.1, 0.15) is 17.4 Å². The topological polar surface area (TPSA) is 49.4 Å². The molecule has 0 spiro atoms. The Kier molecular flexibility index (Phi) is 5.67. The zero-order chi connectivity index (χ0) is 17.8. The molecule has 3 rings (SSSR count). The largest absolute Gasteiger partial charge is 0.324 e. The third kappa shape index (κ3) is 4.18. The lowest BCUT2D eigenvalue weighted by Gasteiger charge is -2.15. The lowest BCUT2D eigenvalue weighted by Crippen LogP contribution is -2.36. The van der Waals surface area contributed by atoms with Crippen molar-refractivity contribution < 1.29 is 9.59 Å². The van der Waals surface area contributed by atoms with E-state index in [4.69, 9.17) is 12.2 Å². The molecule has 1 N–H and O–H groups in total. The summed E-state index contributed by atoms with van der Waals surface area (Å²) in [5.41, 5.74) is 1.83. The van der Waals surface area contributed by atoms with Crippen LogP contribution in [0.5, 0.6) is 0 Å². The van der Waals surface area contributed by atoms with Crippen LogP contribution in [0.3, 0.4) is 0 Å². The number of carbonyl (C=O) groups excluding carboxylic acids is 2. The molecule has 1 saturated heterocycles. The van der Waals surface area contributed by atoms with Crippen LogP contribution >= 0.6 is 35.3 Å². The predicted molar refractivity (Wildman–Crippen MR) is 109 cm³/mol. The van der Waals surface area contributed by atoms with E-state index in [9.17, 15) is 9.59 Å². The van der Waals surface area contributed by atoms with Crippen molar-refractivity contribution in [3.63, 3.8) is 0 Å². The van der Waals surface area contributed by atoms with E-state index in [-0.39, 0.29) is 18.4 Å². The molecule has 1 aromatic heterocycles. The molecule has 4 nitrogen and oxygen atoms in total. The second-order valence-corrected chi connectivity index (χ2v) is 8.00. The molecule has 128 valence electrons. The molecule has 2 heterocycles. The summed E-state index contributed by atoms with van der Waals surface area (Å²) in [5, 5.41) is 4.82. The van der Waals surface area contributed by atoms with E-state index in [0.717, 1.165) is 22.5 Å². The number of hydrogen-bond donors (Lipinski definition) is 1. The monoisotopic (exact) mass is 388 g/mol. The third-order valence-electron chi connectivity index (χ3n) is 3.66. The Hall–Kier alpha value is -1.96. The Bertz CT molecular complexity index is 844. The summed E-state index contributed by atoms with van der Waals surface area (Å²) in [5.74, 6) is -0.475. The molecule has 0 saturated carbocycles. The fourth-order valence-corrected chi connectivity index (χ4v) is 4.40. The molecule has 0 unspecified atom stereocenters. The quantitative estimate of drug-likeness (QED) is 0.617. The summed E-state index contributed by atoms with van der Waals surface area (Å²) in [6.07, 6.45) is 2.63. The summed E-state index contributed by atoms with van der Waals surface area (Å²) in [7, 11) is 0. The van der Waals surface area contributed by atoms with Crippen LogP contribution in [0.25, 0.3) is 6.08 Å². The average molecular weight is 389 g/mol. The summed E-state index contributed by atoms with van der Waals surface area (Å²) < 4.78 is 0.409. The number of nitrogens with zero attached hydrogens (tertiary/aromatic N) is 1. The highest BCUT2D eigenvalue weighted by atomic mass is 32.2. The molecular formula is C18H16N2O2S3. The summed E-state index contributed by atoms with van der Waals surface area (Å²) in [4.78, 5) is 27.8. The van der Waals surface area contributed by atoms with Gasteiger partial charge in [-0.25, -0.2) is 0 Å². The highest BCUT2D eigenvalue weighted by molar-refractivity contribution is 8.26. The van der Waals surface area contributed by atoms with Crippen molar-refractivity contribution in [2.45, 2.75) is 13.3 Å². The molecule has 1 aliphatic rings. The number of aryl methyl sites for hydroxylation is 1. The van der Waals surface area contributed by atoms with Gasteiger partial charge in [0.1, 0.15) is 10.9 Å². The van der Waals surface area contributed by atoms with Crippen LogP contribution in [0, 0.1) is 0 Å². The van der Waals surface area contributed by atoms with Gasteiger partial charge in [-0.15, -0.1) is 11.3 Å². The molecule has 1 aliphatic heterocycles. The minimum absolute atomic E-state index is 0.0789. The number of rotatable bonds is 5. The van der Waals surface area contributed by atoms with Gasteiger partial charge in [-0.3, -0.25) is 14.5 Å². The highest BCUT2D eigenvalue weighted by Gasteiger charge is 2.33. The number of carbonyl (C=O) groups is 2. The van der Waals surface area contributed by atoms with Gasteiger partial charge in [0.25, 0.3) is 5.91 Å². The van der Waals surface area contributed by atoms with Gasteiger partial charge < -0.3 is 5.32 Å². The van der Waals surface area contributed by atoms with Crippen molar-refractivity contribution >= 4 is 63.2 Å². The Balaban J connectivity index is 1.69. The number of nitrogens with one attached hydrogen (secondary N) is 1. The first-order valence-electron chi connectivity index (χ1n) is 7.75. The van der Waals surface area contributed by atoms with Gasteiger partial charge in [0.2, 0.25) is 5.91 Å². The standard InChI is InChI=1S/C18H16N2O2S3/c1-2-12-6-3-4-8-14(12)19-16(21)11-20-17(22)15(25-18(20)23)10-13-7-5-9-24-13/h3-10H,2,11H2,1H3,(H,19,21)/b15-10+. The first-order valence-corrected chi connectivity index (χ1v) is 9.85. The Labute approximate surface area is 159 Å². The first-order chi connectivity index (χ1) is 12.1. The zero-order valence-corrected chi connectivity index (χ0v) is 16.0. The van der Waals surface area contributed by atoms with Crippen LogP contribution in [0.2, 0.25) is 0 Å². The van der Waals surface area contributed by atoms with Crippen LogP contribution in [-0.4, -0.2) is 27.6 Å². The maximum atomic E-state index is 12.5. The van der Waals surface area contributed by atoms with E-state index in [2.05, 4.69) is 5.32 Å². The number of thioether (sulfide) groups is 1. The number of benzene rings is 1. The molecule has 25 heavy (non-hydrogen) atoms. The van der Waals surface area contributed by atoms with E-state index in [1.165, 1.54) is 16.7 Å². The van der Waals surface area contributed by atoms with E-state index < -0.39 is 0 Å². The van der Waals surface area contributed by atoms with Crippen molar-refractivity contribution in [3.8, 4) is 0 Å². The average Bonchev–Trinajstić information content (AvgIpc) is 3.20. The summed E-state index contributed by atoms with van der Waals surface area (Å²) in [6, 6.07) is 11.5. The van der Waals surface area contributed by atoms with Gasteiger partial charge >= 0.3 is 0 Å². The van der Waals surface area contributed by atoms with Crippen molar-refractivity contribution in [3.05, 3.63) is 57.1 Å². The SMILES string of the molecule is CCc1ccccc1NC(=O)CN1C(=O)/C(=C\c2cccs2)SC1=S. The van der Waals surface area contributed by atoms with Crippen LogP contribution in [0.15, 0.2) is 46.7 Å². The van der Waals surface area contributed by atoms with E-state index in [1.54, 1.807) is 11.3 Å². The van der Waals surface area contributed by atoms with Crippen molar-refractivity contribution in [1.29, 1.82) is 0 Å². The van der Waals surface area contributed by atoms with Gasteiger partial charge in [-0.1, -0.05) is 55.2 Å². The normalized spacial score (nSPS) is 15.9. The van der Waals surface area contributed by atoms with Crippen LogP contribution in [0.4, 0.5) is 5.69 Å². The van der Waals surface area contributed by atoms with Gasteiger partial charge in [0, 0.05) is 10.6 Å². The second-order valence-electron chi connectivity index (χ2n) is 5.34. The van der Waals surface area contributed by atoms with Crippen molar-refractivity contribution in [1.82, 2.24) is 4.90 Å². The lowest BCUT2D eigenvalue weighted by molar-refractivity contribution is -0.126. The zero-order valence-electron chi connectivity index (χ0n) is 13.5. The molecule has 0 radical (unpaired) electrons. The van der Waals surface area contributed by atoms with Gasteiger partial charge in [-0.2, -0.15) is 0 Å². The Morgan fingerprint density at radius 3 is 2.80 bits per heavy atom. The maximum absolute atomic E-state index is 12.5. The fraction of sp³-hybridized carbons (Fsp3) is 0.167. The number of amides is 2. The Morgan fingerprint density at radius 1 is 1.28 bits per heavy atom. The molecule has 0 atom stereocenters. The second kappa shape index (κ2) is 7.95. The van der Waals surface area contributed by atoms with Crippen LogP contribution < -0.4 is 5.32 Å². The molecule has 0 bridgehead atoms. The van der Waals surface area contributed by atoms with E-state index >= 15 is 0 Å². The minimum Gasteiger partial charge on any atom is -0.324 e. The van der Waals surface area contributed by atoms with Crippen LogP contribution in [-0.2, 0) is 16.0 Å². The molecule has 2 aromatic rings. The van der Waals surface area contributed by atoms with E-state index in [0.29, 0.717) is 9.23 Å². The molecule has 0 aliphatic carbocycles. The number of thiophene rings is 1. The minimum atomic E-state index is -0.255. The summed E-state index contributed by atoms with van der Waals surface area (Å²) >= 11 is 8.06. The van der Waals surface area contributed by atoms with Gasteiger partial charge in [0.05, 0.1) is 4.91 Å². The highest BCUT2D eigenvalue weighted by Crippen LogP contribution is 2.33. The maximum Gasteiger partial charge on any atom is 0.266 e. The molecule has 1 fully saturated rings. The number of hydrogen-bond acceptors (Lipinski definition) is 5. The first kappa shape index (κ1) is 17.8. The molecular weight excluding hydrogens is 372 g/mol. The van der Waals surface area contributed by atoms with Gasteiger partial charge in [0.15, 0.2) is 0 Å². The van der Waals surface area contributed by atoms with Crippen molar-refractivity contribution in [2.24, 2.45) is 0 Å². The smallest absolute Gasteiger partial charge is 0.266 e. The van der Waals surface area contributed by atoms with Crippen molar-refractivity contribution in [2.75, 3.05) is 11.9 Å². The fourth-order valence-electron chi connectivity index (χ4n) is 2.42. The lowest BCUT2D eigenvalue weighted by atomic mass is 10.1. The number of thiocarbonyl (C=S) groups is 1.